The molecule has 0 bridgehead atoms. The lowest BCUT2D eigenvalue weighted by Gasteiger charge is -2.05. The molecule has 42 valence electrons. The van der Waals surface area contributed by atoms with Gasteiger partial charge in [-0.25, -0.2) is 4.89 Å². The first kappa shape index (κ1) is 6.69. The molecule has 0 aromatic carbocycles. The van der Waals surface area contributed by atoms with E-state index in [0.29, 0.717) is 9.28 Å². The Morgan fingerprint density at radius 1 is 1.38 bits per heavy atom. The topological polar surface area (TPSA) is 18.5 Å². The molecule has 0 aromatic heterocycles. The van der Waals surface area contributed by atoms with E-state index in [2.05, 4.69) is 0 Å². The Kier molecular flexibility index (Phi) is 3.72. The van der Waals surface area contributed by atoms with E-state index in [1.165, 1.54) is 12.5 Å². The fourth-order valence-electron chi connectivity index (χ4n) is 0.410. The Bertz CT molecular complexity index is 36.5. The standard InChI is InChI=1S/C3H6O2Si3/c1-2-4-5-7-8-6-3-1/h1-3H2. The third-order valence-electron chi connectivity index (χ3n) is 0.769. The second-order valence-corrected chi connectivity index (χ2v) is 7.56. The molecule has 0 spiro atoms. The summed E-state index contributed by atoms with van der Waals surface area (Å²) < 4.78 is 4.82. The highest BCUT2D eigenvalue weighted by molar-refractivity contribution is 7.27. The van der Waals surface area contributed by atoms with E-state index >= 15 is 0 Å². The van der Waals surface area contributed by atoms with Crippen molar-refractivity contribution >= 4 is 26.9 Å². The fourth-order valence-corrected chi connectivity index (χ4v) is 4.69. The normalized spacial score (nSPS) is 24.0. The van der Waals surface area contributed by atoms with Crippen LogP contribution in [0, 0.1) is 0 Å². The van der Waals surface area contributed by atoms with Gasteiger partial charge in [0.1, 0.15) is 0 Å². The van der Waals surface area contributed by atoms with Gasteiger partial charge in [-0.1, -0.05) is 6.04 Å². The van der Waals surface area contributed by atoms with Gasteiger partial charge < -0.3 is 0 Å². The van der Waals surface area contributed by atoms with Crippen LogP contribution in [0.1, 0.15) is 6.42 Å². The molecule has 0 aromatic rings. The van der Waals surface area contributed by atoms with Gasteiger partial charge in [-0.15, -0.1) is 0 Å². The Labute approximate surface area is 56.0 Å². The molecule has 1 fully saturated rings. The molecular weight excluding hydrogens is 152 g/mol. The van der Waals surface area contributed by atoms with Crippen molar-refractivity contribution in [3.63, 3.8) is 0 Å². The van der Waals surface area contributed by atoms with E-state index < -0.39 is 0 Å². The van der Waals surface area contributed by atoms with Crippen LogP contribution >= 0.6 is 0 Å². The van der Waals surface area contributed by atoms with Gasteiger partial charge in [0.05, 0.1) is 15.2 Å². The molecule has 1 saturated heterocycles. The molecule has 2 nitrogen and oxygen atoms in total. The zero-order valence-corrected chi connectivity index (χ0v) is 7.44. The quantitative estimate of drug-likeness (QED) is 0.353. The first-order chi connectivity index (χ1) is 4.00. The summed E-state index contributed by atoms with van der Waals surface area (Å²) in [6, 6.07) is 1.34. The fraction of sp³-hybridized carbons (Fsp3) is 1.00. The van der Waals surface area contributed by atoms with Gasteiger partial charge in [0.15, 0.2) is 0 Å². The van der Waals surface area contributed by atoms with Gasteiger partial charge in [0, 0.05) is 9.04 Å². The number of hydrogen-bond acceptors (Lipinski definition) is 2. The maximum Gasteiger partial charge on any atom is 0.254 e. The second kappa shape index (κ2) is 4.45. The van der Waals surface area contributed by atoms with Gasteiger partial charge in [-0.3, -0.25) is 4.58 Å². The van der Waals surface area contributed by atoms with Crippen LogP contribution in [-0.2, 0) is 9.46 Å². The summed E-state index contributed by atoms with van der Waals surface area (Å²) >= 11 is 0. The molecule has 8 heavy (non-hydrogen) atoms. The van der Waals surface area contributed by atoms with Gasteiger partial charge in [-0.2, -0.15) is 0 Å². The maximum absolute atomic E-state index is 4.82. The Balaban J connectivity index is 2.00. The molecule has 0 saturated carbocycles. The van der Waals surface area contributed by atoms with E-state index in [1.54, 1.807) is 0 Å². The minimum atomic E-state index is 0.608. The van der Waals surface area contributed by atoms with E-state index in [9.17, 15) is 0 Å². The molecule has 1 rings (SSSR count). The first-order valence-corrected chi connectivity index (χ1v) is 7.63. The lowest BCUT2D eigenvalue weighted by Crippen LogP contribution is -2.19. The molecule has 0 amide bonds. The highest BCUT2D eigenvalue weighted by atomic mass is 29.5. The summed E-state index contributed by atoms with van der Waals surface area (Å²) in [7, 11) is 2.73. The predicted molar refractivity (Wildman–Crippen MR) is 33.7 cm³/mol. The van der Waals surface area contributed by atoms with Gasteiger partial charge in [-0.05, 0) is 6.42 Å². The van der Waals surface area contributed by atoms with Crippen molar-refractivity contribution < 1.29 is 9.46 Å². The van der Waals surface area contributed by atoms with Crippen molar-refractivity contribution in [2.75, 3.05) is 6.61 Å². The molecule has 1 heterocycles. The molecular formula is C3H6O2Si3. The summed E-state index contributed by atoms with van der Waals surface area (Å²) in [5.74, 6) is 0. The van der Waals surface area contributed by atoms with Crippen LogP contribution in [0.2, 0.25) is 6.04 Å². The van der Waals surface area contributed by atoms with E-state index in [0.717, 1.165) is 24.2 Å². The molecule has 0 N–H and O–H groups in total. The average molecular weight is 158 g/mol. The summed E-state index contributed by atoms with van der Waals surface area (Å²) in [5, 5.41) is 0. The Morgan fingerprint density at radius 3 is 3.38 bits per heavy atom. The first-order valence-electron chi connectivity index (χ1n) is 2.51. The predicted octanol–water partition coefficient (Wildman–Crippen LogP) is -0.386. The zero-order valence-electron chi connectivity index (χ0n) is 4.44. The van der Waals surface area contributed by atoms with Crippen LogP contribution in [0.25, 0.3) is 0 Å². The van der Waals surface area contributed by atoms with Crippen molar-refractivity contribution in [3.05, 3.63) is 0 Å². The van der Waals surface area contributed by atoms with E-state index in [4.69, 9.17) is 9.46 Å². The average Bonchev–Trinajstić information content (AvgIpc) is 1.62. The molecule has 0 unspecified atom stereocenters. The van der Waals surface area contributed by atoms with Crippen molar-refractivity contribution in [2.45, 2.75) is 12.5 Å². The van der Waals surface area contributed by atoms with Crippen LogP contribution in [0.15, 0.2) is 0 Å². The van der Waals surface area contributed by atoms with Crippen LogP contribution < -0.4 is 0 Å². The number of rotatable bonds is 0. The lowest BCUT2D eigenvalue weighted by atomic mass is 10.5. The second-order valence-electron chi connectivity index (χ2n) is 1.41. The lowest BCUT2D eigenvalue weighted by molar-refractivity contribution is -0.205. The minimum absolute atomic E-state index is 0.608. The Hall–Kier alpha value is 0.571. The summed E-state index contributed by atoms with van der Waals surface area (Å²) in [5.41, 5.74) is 0. The third-order valence-corrected chi connectivity index (χ3v) is 6.20. The van der Waals surface area contributed by atoms with Gasteiger partial charge >= 0.3 is 0 Å². The SMILES string of the molecule is C1COO[Si][Si][Si]C1. The minimum Gasteiger partial charge on any atom is -0.292 e. The third kappa shape index (κ3) is 2.78. The van der Waals surface area contributed by atoms with Crippen LogP contribution in [0.3, 0.4) is 0 Å². The summed E-state index contributed by atoms with van der Waals surface area (Å²) in [6.07, 6.45) is 1.18. The monoisotopic (exact) mass is 158 g/mol. The molecule has 0 atom stereocenters. The molecule has 6 radical (unpaired) electrons. The van der Waals surface area contributed by atoms with E-state index in [-0.39, 0.29) is 0 Å². The highest BCUT2D eigenvalue weighted by Gasteiger charge is 1.99. The van der Waals surface area contributed by atoms with Crippen LogP contribution in [0.4, 0.5) is 0 Å². The van der Waals surface area contributed by atoms with Crippen LogP contribution in [0.5, 0.6) is 0 Å². The molecule has 0 aliphatic carbocycles. The summed E-state index contributed by atoms with van der Waals surface area (Å²) in [6.45, 7) is 0.796. The van der Waals surface area contributed by atoms with E-state index in [1.807, 2.05) is 0 Å². The van der Waals surface area contributed by atoms with Gasteiger partial charge in [0.2, 0.25) is 0 Å². The van der Waals surface area contributed by atoms with Gasteiger partial charge in [0.25, 0.3) is 9.28 Å². The van der Waals surface area contributed by atoms with Crippen molar-refractivity contribution in [1.29, 1.82) is 0 Å². The van der Waals surface area contributed by atoms with Crippen LogP contribution in [-0.4, -0.2) is 33.5 Å². The summed E-state index contributed by atoms with van der Waals surface area (Å²) in [4.78, 5) is 4.80. The highest BCUT2D eigenvalue weighted by Crippen LogP contribution is 1.92. The molecule has 1 aliphatic heterocycles. The van der Waals surface area contributed by atoms with Crippen molar-refractivity contribution in [1.82, 2.24) is 0 Å². The van der Waals surface area contributed by atoms with Crippen molar-refractivity contribution in [2.24, 2.45) is 0 Å². The maximum atomic E-state index is 4.82. The zero-order chi connectivity index (χ0) is 5.66. The largest absolute Gasteiger partial charge is 0.292 e. The smallest absolute Gasteiger partial charge is 0.254 e. The molecule has 5 heteroatoms. The number of hydrogen-bond donors (Lipinski definition) is 0. The van der Waals surface area contributed by atoms with Crippen molar-refractivity contribution in [3.8, 4) is 0 Å². The molecule has 1 aliphatic rings. The Morgan fingerprint density at radius 2 is 2.38 bits per heavy atom.